The average Bonchev–Trinajstić information content (AvgIpc) is 2.59. The molecule has 2 aromatic carbocycles. The topological polar surface area (TPSA) is 70.3 Å². The third kappa shape index (κ3) is 4.32. The van der Waals surface area contributed by atoms with Gasteiger partial charge in [-0.25, -0.2) is 4.79 Å². The van der Waals surface area contributed by atoms with Crippen molar-refractivity contribution in [2.24, 2.45) is 0 Å². The molecular weight excluding hydrogens is 290 g/mol. The van der Waals surface area contributed by atoms with Gasteiger partial charge in [-0.1, -0.05) is 36.9 Å². The molecular formula is C19H15NO3. The second kappa shape index (κ2) is 7.62. The lowest BCUT2D eigenvalue weighted by Gasteiger charge is -2.04. The van der Waals surface area contributed by atoms with Crippen molar-refractivity contribution in [3.05, 3.63) is 77.9 Å². The summed E-state index contributed by atoms with van der Waals surface area (Å²) < 4.78 is 5.40. The molecule has 0 atom stereocenters. The number of benzene rings is 2. The van der Waals surface area contributed by atoms with E-state index in [1.54, 1.807) is 24.3 Å². The van der Waals surface area contributed by atoms with Gasteiger partial charge >= 0.3 is 5.97 Å². The van der Waals surface area contributed by atoms with Crippen LogP contribution >= 0.6 is 0 Å². The second-order valence-electron chi connectivity index (χ2n) is 4.72. The van der Waals surface area contributed by atoms with E-state index in [-0.39, 0.29) is 5.56 Å². The fourth-order valence-corrected chi connectivity index (χ4v) is 1.95. The summed E-state index contributed by atoms with van der Waals surface area (Å²) in [6.45, 7) is 4.03. The quantitative estimate of drug-likeness (QED) is 0.497. The molecule has 0 aliphatic rings. The minimum atomic E-state index is -0.992. The smallest absolute Gasteiger partial charge is 0.335 e. The van der Waals surface area contributed by atoms with Crippen LogP contribution in [-0.2, 0) is 0 Å². The third-order valence-corrected chi connectivity index (χ3v) is 3.12. The Hall–Kier alpha value is -3.32. The van der Waals surface area contributed by atoms with Gasteiger partial charge in [0.05, 0.1) is 17.2 Å². The van der Waals surface area contributed by atoms with Gasteiger partial charge in [0.1, 0.15) is 12.4 Å². The molecule has 0 bridgehead atoms. The number of allylic oxidation sites excluding steroid dienone is 1. The molecule has 0 aliphatic heterocycles. The largest absolute Gasteiger partial charge is 0.490 e. The lowest BCUT2D eigenvalue weighted by molar-refractivity contribution is 0.0697. The highest BCUT2D eigenvalue weighted by Gasteiger charge is 2.05. The first-order chi connectivity index (χ1) is 11.1. The molecule has 23 heavy (non-hydrogen) atoms. The number of rotatable bonds is 6. The lowest BCUT2D eigenvalue weighted by atomic mass is 10.0. The van der Waals surface area contributed by atoms with E-state index >= 15 is 0 Å². The number of nitriles is 1. The van der Waals surface area contributed by atoms with Gasteiger partial charge in [-0.2, -0.15) is 5.26 Å². The first kappa shape index (κ1) is 16.1. The zero-order valence-corrected chi connectivity index (χ0v) is 12.4. The van der Waals surface area contributed by atoms with Crippen molar-refractivity contribution < 1.29 is 14.6 Å². The second-order valence-corrected chi connectivity index (χ2v) is 4.72. The van der Waals surface area contributed by atoms with Crippen LogP contribution in [0.1, 0.15) is 21.5 Å². The fraction of sp³-hybridized carbons (Fsp3) is 0.0526. The highest BCUT2D eigenvalue weighted by atomic mass is 16.5. The fourth-order valence-electron chi connectivity index (χ4n) is 1.95. The zero-order valence-electron chi connectivity index (χ0n) is 12.4. The summed E-state index contributed by atoms with van der Waals surface area (Å²) in [5.74, 6) is -0.263. The van der Waals surface area contributed by atoms with Gasteiger partial charge in [0.2, 0.25) is 0 Å². The van der Waals surface area contributed by atoms with E-state index < -0.39 is 5.97 Å². The van der Waals surface area contributed by atoms with Crippen LogP contribution in [0.25, 0.3) is 11.6 Å². The average molecular weight is 305 g/mol. The number of ether oxygens (including phenoxy) is 1. The predicted molar refractivity (Wildman–Crippen MR) is 89.0 cm³/mol. The number of carbonyl (C=O) groups is 1. The SMILES string of the molecule is C=CCOc1ccc(/C=C(/C#N)c2ccc(C(=O)O)cc2)cc1. The summed E-state index contributed by atoms with van der Waals surface area (Å²) in [7, 11) is 0. The van der Waals surface area contributed by atoms with Crippen LogP contribution in [0.4, 0.5) is 0 Å². The van der Waals surface area contributed by atoms with Crippen molar-refractivity contribution in [3.8, 4) is 11.8 Å². The van der Waals surface area contributed by atoms with E-state index in [9.17, 15) is 10.1 Å². The van der Waals surface area contributed by atoms with Crippen LogP contribution in [0.3, 0.4) is 0 Å². The monoisotopic (exact) mass is 305 g/mol. The Balaban J connectivity index is 2.22. The first-order valence-electron chi connectivity index (χ1n) is 6.93. The Morgan fingerprint density at radius 3 is 2.26 bits per heavy atom. The maximum Gasteiger partial charge on any atom is 0.335 e. The molecule has 0 unspecified atom stereocenters. The zero-order chi connectivity index (χ0) is 16.7. The molecule has 0 fully saturated rings. The summed E-state index contributed by atoms with van der Waals surface area (Å²) >= 11 is 0. The Kier molecular flexibility index (Phi) is 5.32. The molecule has 2 rings (SSSR count). The van der Waals surface area contributed by atoms with Crippen molar-refractivity contribution in [2.75, 3.05) is 6.61 Å². The number of nitrogens with zero attached hydrogens (tertiary/aromatic N) is 1. The lowest BCUT2D eigenvalue weighted by Crippen LogP contribution is -1.95. The number of carboxylic acid groups (broad SMARTS) is 1. The Morgan fingerprint density at radius 2 is 1.74 bits per heavy atom. The van der Waals surface area contributed by atoms with Gasteiger partial charge in [0.15, 0.2) is 0 Å². The summed E-state index contributed by atoms with van der Waals surface area (Å²) in [6, 6.07) is 15.7. The molecule has 0 aliphatic carbocycles. The van der Waals surface area contributed by atoms with Crippen molar-refractivity contribution in [3.63, 3.8) is 0 Å². The Labute approximate surface area is 134 Å². The predicted octanol–water partition coefficient (Wildman–Crippen LogP) is 4.01. The Bertz CT molecular complexity index is 766. The van der Waals surface area contributed by atoms with Gasteiger partial charge in [-0.3, -0.25) is 0 Å². The number of carboxylic acids is 1. The maximum atomic E-state index is 10.9. The van der Waals surface area contributed by atoms with Gasteiger partial charge in [0.25, 0.3) is 0 Å². The highest BCUT2D eigenvalue weighted by molar-refractivity contribution is 5.92. The van der Waals surface area contributed by atoms with E-state index in [0.29, 0.717) is 17.7 Å². The molecule has 0 aromatic heterocycles. The molecule has 4 nitrogen and oxygen atoms in total. The van der Waals surface area contributed by atoms with Crippen LogP contribution in [0, 0.1) is 11.3 Å². The molecule has 0 spiro atoms. The third-order valence-electron chi connectivity index (χ3n) is 3.12. The van der Waals surface area contributed by atoms with E-state index in [1.165, 1.54) is 12.1 Å². The molecule has 0 saturated heterocycles. The number of aromatic carboxylic acids is 1. The van der Waals surface area contributed by atoms with E-state index in [1.807, 2.05) is 24.3 Å². The first-order valence-corrected chi connectivity index (χ1v) is 6.93. The van der Waals surface area contributed by atoms with Crippen molar-refractivity contribution in [1.29, 1.82) is 5.26 Å². The summed E-state index contributed by atoms with van der Waals surface area (Å²) in [6.07, 6.45) is 3.41. The molecule has 1 N–H and O–H groups in total. The van der Waals surface area contributed by atoms with Crippen LogP contribution in [-0.4, -0.2) is 17.7 Å². The van der Waals surface area contributed by atoms with Crippen LogP contribution in [0.2, 0.25) is 0 Å². The molecule has 0 saturated carbocycles. The highest BCUT2D eigenvalue weighted by Crippen LogP contribution is 2.20. The van der Waals surface area contributed by atoms with Crippen molar-refractivity contribution in [2.45, 2.75) is 0 Å². The molecule has 0 radical (unpaired) electrons. The van der Waals surface area contributed by atoms with E-state index in [0.717, 1.165) is 11.3 Å². The van der Waals surface area contributed by atoms with Gasteiger partial charge in [-0.15, -0.1) is 0 Å². The van der Waals surface area contributed by atoms with E-state index in [2.05, 4.69) is 12.6 Å². The van der Waals surface area contributed by atoms with Gasteiger partial charge < -0.3 is 9.84 Å². The summed E-state index contributed by atoms with van der Waals surface area (Å²) in [4.78, 5) is 10.9. The normalized spacial score (nSPS) is 10.7. The summed E-state index contributed by atoms with van der Waals surface area (Å²) in [5.41, 5.74) is 2.18. The van der Waals surface area contributed by atoms with Crippen LogP contribution < -0.4 is 4.74 Å². The molecule has 114 valence electrons. The maximum absolute atomic E-state index is 10.9. The minimum Gasteiger partial charge on any atom is -0.490 e. The van der Waals surface area contributed by atoms with Gasteiger partial charge in [-0.05, 0) is 41.5 Å². The van der Waals surface area contributed by atoms with Crippen LogP contribution in [0.15, 0.2) is 61.2 Å². The summed E-state index contributed by atoms with van der Waals surface area (Å²) in [5, 5.41) is 18.2. The van der Waals surface area contributed by atoms with E-state index in [4.69, 9.17) is 9.84 Å². The molecule has 4 heteroatoms. The molecule has 0 heterocycles. The number of hydrogen-bond donors (Lipinski definition) is 1. The van der Waals surface area contributed by atoms with Crippen LogP contribution in [0.5, 0.6) is 5.75 Å². The minimum absolute atomic E-state index is 0.190. The molecule has 0 amide bonds. The standard InChI is InChI=1S/C19H15NO3/c1-2-11-23-18-9-3-14(4-10-18)12-17(13-20)15-5-7-16(8-6-15)19(21)22/h2-10,12H,1,11H2,(H,21,22)/b17-12-. The van der Waals surface area contributed by atoms with Gasteiger partial charge in [0, 0.05) is 0 Å². The number of hydrogen-bond acceptors (Lipinski definition) is 3. The Morgan fingerprint density at radius 1 is 1.13 bits per heavy atom. The van der Waals surface area contributed by atoms with Crippen molar-refractivity contribution >= 4 is 17.6 Å². The molecule has 2 aromatic rings. The van der Waals surface area contributed by atoms with Crippen molar-refractivity contribution in [1.82, 2.24) is 0 Å².